The number of fused-ring (bicyclic) bond motifs is 1. The third-order valence-corrected chi connectivity index (χ3v) is 7.58. The van der Waals surface area contributed by atoms with Crippen LogP contribution in [0.25, 0.3) is 11.1 Å². The summed E-state index contributed by atoms with van der Waals surface area (Å²) in [6, 6.07) is 8.04. The van der Waals surface area contributed by atoms with Gasteiger partial charge in [0.25, 0.3) is 5.91 Å². The van der Waals surface area contributed by atoms with Crippen molar-refractivity contribution in [1.29, 1.82) is 0 Å². The Bertz CT molecular complexity index is 1120. The van der Waals surface area contributed by atoms with Crippen molar-refractivity contribution in [3.05, 3.63) is 61.5 Å². The zero-order chi connectivity index (χ0) is 22.1. The first-order valence-electron chi connectivity index (χ1n) is 10.3. The van der Waals surface area contributed by atoms with E-state index in [1.165, 1.54) is 39.2 Å². The van der Waals surface area contributed by atoms with E-state index in [2.05, 4.69) is 49.0 Å². The number of nitrogens with one attached hydrogen (secondary N) is 1. The molecule has 0 saturated carbocycles. The molecule has 0 fully saturated rings. The molecule has 3 aromatic rings. The average Bonchev–Trinajstić information content (AvgIpc) is 3.39. The summed E-state index contributed by atoms with van der Waals surface area (Å²) in [5, 5.41) is 15.7. The molecule has 1 aliphatic heterocycles. The number of aryl methyl sites for hydroxylation is 1. The van der Waals surface area contributed by atoms with Gasteiger partial charge in [0.1, 0.15) is 11.9 Å². The van der Waals surface area contributed by atoms with Gasteiger partial charge < -0.3 is 15.2 Å². The highest BCUT2D eigenvalue weighted by Gasteiger charge is 2.31. The van der Waals surface area contributed by atoms with Gasteiger partial charge in [0.2, 0.25) is 0 Å². The number of carboxylic acid groups (broad SMARTS) is 1. The van der Waals surface area contributed by atoms with Gasteiger partial charge in [0.05, 0.1) is 11.3 Å². The van der Waals surface area contributed by atoms with Crippen molar-refractivity contribution < 1.29 is 19.4 Å². The maximum Gasteiger partial charge on any atom is 0.305 e. The molecule has 0 saturated heterocycles. The second-order valence-corrected chi connectivity index (χ2v) is 9.86. The van der Waals surface area contributed by atoms with Gasteiger partial charge in [-0.3, -0.25) is 9.59 Å². The highest BCUT2D eigenvalue weighted by Crippen LogP contribution is 2.48. The van der Waals surface area contributed by atoms with Crippen LogP contribution >= 0.6 is 22.7 Å². The first kappa shape index (κ1) is 21.6. The van der Waals surface area contributed by atoms with Crippen molar-refractivity contribution in [2.24, 2.45) is 0 Å². The molecule has 4 rings (SSSR count). The summed E-state index contributed by atoms with van der Waals surface area (Å²) in [5.74, 6) is 0.0947. The number of amides is 1. The third kappa shape index (κ3) is 4.38. The number of aliphatic carboxylic acids is 1. The molecule has 5 nitrogen and oxygen atoms in total. The number of rotatable bonds is 6. The number of benzene rings is 1. The fraction of sp³-hybridized carbons (Fsp3) is 0.333. The van der Waals surface area contributed by atoms with Gasteiger partial charge in [-0.2, -0.15) is 11.3 Å². The molecule has 7 heteroatoms. The maximum atomic E-state index is 12.3. The summed E-state index contributed by atoms with van der Waals surface area (Å²) in [4.78, 5) is 24.5. The van der Waals surface area contributed by atoms with Crippen LogP contribution in [0.1, 0.15) is 63.0 Å². The van der Waals surface area contributed by atoms with Gasteiger partial charge in [-0.15, -0.1) is 11.3 Å². The van der Waals surface area contributed by atoms with E-state index in [1.807, 2.05) is 6.07 Å². The summed E-state index contributed by atoms with van der Waals surface area (Å²) < 4.78 is 6.43. The van der Waals surface area contributed by atoms with Crippen molar-refractivity contribution in [3.8, 4) is 16.9 Å². The van der Waals surface area contributed by atoms with Crippen molar-refractivity contribution in [2.45, 2.75) is 45.6 Å². The van der Waals surface area contributed by atoms with Gasteiger partial charge in [-0.1, -0.05) is 6.92 Å². The van der Waals surface area contributed by atoms with Crippen molar-refractivity contribution in [2.75, 3.05) is 6.54 Å². The minimum Gasteiger partial charge on any atom is -0.485 e. The Kier molecular flexibility index (Phi) is 6.16. The molecule has 0 radical (unpaired) electrons. The van der Waals surface area contributed by atoms with Crippen LogP contribution in [0.4, 0.5) is 0 Å². The first-order chi connectivity index (χ1) is 14.8. The number of carbonyl (C=O) groups is 2. The van der Waals surface area contributed by atoms with Gasteiger partial charge in [0, 0.05) is 17.0 Å². The fourth-order valence-electron chi connectivity index (χ4n) is 4.36. The van der Waals surface area contributed by atoms with Crippen LogP contribution in [-0.2, 0) is 4.79 Å². The lowest BCUT2D eigenvalue weighted by atomic mass is 9.83. The number of carbonyl (C=O) groups excluding carboxylic acids is 1. The molecule has 1 aromatic carbocycles. The van der Waals surface area contributed by atoms with E-state index in [0.717, 1.165) is 17.0 Å². The van der Waals surface area contributed by atoms with Crippen LogP contribution in [0, 0.1) is 13.8 Å². The van der Waals surface area contributed by atoms with E-state index >= 15 is 0 Å². The highest BCUT2D eigenvalue weighted by atomic mass is 32.1. The number of hydrogen-bond donors (Lipinski definition) is 2. The number of hydrogen-bond acceptors (Lipinski definition) is 5. The zero-order valence-corrected chi connectivity index (χ0v) is 19.4. The molecule has 0 spiro atoms. The van der Waals surface area contributed by atoms with E-state index in [9.17, 15) is 9.59 Å². The van der Waals surface area contributed by atoms with Crippen molar-refractivity contribution in [3.63, 3.8) is 0 Å². The van der Waals surface area contributed by atoms with Crippen LogP contribution in [0.5, 0.6) is 5.75 Å². The summed E-state index contributed by atoms with van der Waals surface area (Å²) in [5.41, 5.74) is 6.31. The Morgan fingerprint density at radius 2 is 2.06 bits per heavy atom. The molecule has 2 atom stereocenters. The van der Waals surface area contributed by atoms with E-state index in [1.54, 1.807) is 17.4 Å². The lowest BCUT2D eigenvalue weighted by molar-refractivity contribution is -0.136. The van der Waals surface area contributed by atoms with E-state index in [0.29, 0.717) is 10.8 Å². The first-order valence-corrected chi connectivity index (χ1v) is 12.0. The van der Waals surface area contributed by atoms with Crippen LogP contribution in [-0.4, -0.2) is 23.5 Å². The summed E-state index contributed by atoms with van der Waals surface area (Å²) in [6.07, 6.45) is 0.662. The SMILES string of the molecule is Cc1cc2c(c(C)c1-c1ccsc1)C(C)CC(c1ccc(C(=O)NCCC(=O)O)s1)O2. The van der Waals surface area contributed by atoms with Crippen molar-refractivity contribution >= 4 is 34.6 Å². The number of carboxylic acids is 1. The molecule has 1 amide bonds. The predicted octanol–water partition coefficient (Wildman–Crippen LogP) is 5.93. The number of ether oxygens (including phenoxy) is 1. The second-order valence-electron chi connectivity index (χ2n) is 7.96. The maximum absolute atomic E-state index is 12.3. The van der Waals surface area contributed by atoms with Gasteiger partial charge in [-0.25, -0.2) is 0 Å². The largest absolute Gasteiger partial charge is 0.485 e. The molecule has 2 aromatic heterocycles. The molecular weight excluding hydrogens is 430 g/mol. The highest BCUT2D eigenvalue weighted by molar-refractivity contribution is 7.14. The smallest absolute Gasteiger partial charge is 0.305 e. The molecule has 2 N–H and O–H groups in total. The predicted molar refractivity (Wildman–Crippen MR) is 125 cm³/mol. The van der Waals surface area contributed by atoms with Crippen LogP contribution in [0.15, 0.2) is 35.0 Å². The van der Waals surface area contributed by atoms with Gasteiger partial charge in [-0.05, 0) is 83.5 Å². The van der Waals surface area contributed by atoms with Crippen LogP contribution in [0.2, 0.25) is 0 Å². The van der Waals surface area contributed by atoms with Gasteiger partial charge in [0.15, 0.2) is 0 Å². The molecule has 31 heavy (non-hydrogen) atoms. The minimum atomic E-state index is -0.928. The average molecular weight is 456 g/mol. The van der Waals surface area contributed by atoms with E-state index in [-0.39, 0.29) is 25.0 Å². The Morgan fingerprint density at radius 3 is 2.77 bits per heavy atom. The lowest BCUT2D eigenvalue weighted by Crippen LogP contribution is -2.25. The second kappa shape index (κ2) is 8.85. The number of thiophene rings is 2. The fourth-order valence-corrected chi connectivity index (χ4v) is 5.97. The standard InChI is InChI=1S/C24H25NO4S2/c1-13-11-18-23(15(3)22(13)16-7-9-30-12-16)14(2)10-17(29-18)19-4-5-20(31-19)24(28)25-8-6-21(26)27/h4-5,7,9,11-12,14,17H,6,8,10H2,1-3H3,(H,25,28)(H,26,27). The van der Waals surface area contributed by atoms with Crippen molar-refractivity contribution in [1.82, 2.24) is 5.32 Å². The van der Waals surface area contributed by atoms with Gasteiger partial charge >= 0.3 is 5.97 Å². The zero-order valence-electron chi connectivity index (χ0n) is 17.7. The lowest BCUT2D eigenvalue weighted by Gasteiger charge is -2.32. The Labute approximate surface area is 189 Å². The molecule has 1 aliphatic rings. The molecule has 3 heterocycles. The third-order valence-electron chi connectivity index (χ3n) is 5.72. The topological polar surface area (TPSA) is 75.6 Å². The van der Waals surface area contributed by atoms with Crippen LogP contribution < -0.4 is 10.1 Å². The molecule has 2 unspecified atom stereocenters. The quantitative estimate of drug-likeness (QED) is 0.483. The summed E-state index contributed by atoms with van der Waals surface area (Å²) in [7, 11) is 0. The monoisotopic (exact) mass is 455 g/mol. The Morgan fingerprint density at radius 1 is 1.26 bits per heavy atom. The Balaban J connectivity index is 1.56. The normalized spacial score (nSPS) is 17.6. The van der Waals surface area contributed by atoms with Crippen LogP contribution in [0.3, 0.4) is 0 Å². The van der Waals surface area contributed by atoms with E-state index < -0.39 is 5.97 Å². The molecule has 0 bridgehead atoms. The molecule has 0 aliphatic carbocycles. The summed E-state index contributed by atoms with van der Waals surface area (Å²) >= 11 is 3.12. The summed E-state index contributed by atoms with van der Waals surface area (Å²) in [6.45, 7) is 6.67. The minimum absolute atomic E-state index is 0.0872. The molecular formula is C24H25NO4S2. The Hall–Kier alpha value is -2.64. The van der Waals surface area contributed by atoms with E-state index in [4.69, 9.17) is 9.84 Å². The molecule has 162 valence electrons.